The van der Waals surface area contributed by atoms with Gasteiger partial charge in [-0.2, -0.15) is 10.2 Å². The molecular weight excluding hydrogens is 415 g/mol. The summed E-state index contributed by atoms with van der Waals surface area (Å²) in [4.78, 5) is 22.7. The van der Waals surface area contributed by atoms with Gasteiger partial charge in [0.15, 0.2) is 22.8 Å². The Morgan fingerprint density at radius 1 is 1.19 bits per heavy atom. The van der Waals surface area contributed by atoms with Gasteiger partial charge in [-0.25, -0.2) is 14.2 Å². The highest BCUT2D eigenvalue weighted by atomic mass is 19.1. The minimum atomic E-state index is -1.18. The molecule has 0 fully saturated rings. The summed E-state index contributed by atoms with van der Waals surface area (Å²) >= 11 is 0. The molecule has 9 nitrogen and oxygen atoms in total. The van der Waals surface area contributed by atoms with E-state index in [0.29, 0.717) is 28.3 Å². The normalized spacial score (nSPS) is 11.2. The fraction of sp³-hybridized carbons (Fsp3) is 0.182. The van der Waals surface area contributed by atoms with Crippen LogP contribution in [0.2, 0.25) is 0 Å². The number of aromatic amines is 1. The van der Waals surface area contributed by atoms with Crippen molar-refractivity contribution in [1.82, 2.24) is 15.0 Å². The van der Waals surface area contributed by atoms with Crippen LogP contribution in [0.3, 0.4) is 0 Å². The zero-order chi connectivity index (χ0) is 22.9. The number of benzene rings is 2. The van der Waals surface area contributed by atoms with Crippen molar-refractivity contribution >= 4 is 34.2 Å². The Kier molecular flexibility index (Phi) is 5.24. The first-order chi connectivity index (χ1) is 15.2. The molecule has 2 aromatic heterocycles. The number of hydrogen-bond donors (Lipinski definition) is 3. The van der Waals surface area contributed by atoms with Crippen LogP contribution in [0, 0.1) is 24.1 Å². The monoisotopic (exact) mass is 434 g/mol. The van der Waals surface area contributed by atoms with Crippen LogP contribution in [0.1, 0.15) is 19.4 Å². The summed E-state index contributed by atoms with van der Waals surface area (Å²) < 4.78 is 24.6. The Morgan fingerprint density at radius 3 is 2.72 bits per heavy atom. The Labute approximate surface area is 181 Å². The van der Waals surface area contributed by atoms with Crippen LogP contribution in [0.5, 0.6) is 5.75 Å². The third kappa shape index (κ3) is 4.52. The fourth-order valence-corrected chi connectivity index (χ4v) is 2.88. The number of oxazole rings is 1. The van der Waals surface area contributed by atoms with E-state index < -0.39 is 17.2 Å². The predicted molar refractivity (Wildman–Crippen MR) is 117 cm³/mol. The van der Waals surface area contributed by atoms with Crippen LogP contribution in [0.25, 0.3) is 11.1 Å². The SMILES string of the molecule is Cc1cnc(Nc2ccc(F)c(OC(C)(C)C#N)c2)nc1Nc1ccc2oc(=O)[nH]c2c1. The van der Waals surface area contributed by atoms with E-state index in [9.17, 15) is 9.18 Å². The largest absolute Gasteiger partial charge is 0.470 e. The van der Waals surface area contributed by atoms with E-state index >= 15 is 0 Å². The lowest BCUT2D eigenvalue weighted by Crippen LogP contribution is -2.26. The van der Waals surface area contributed by atoms with Crippen LogP contribution in [-0.2, 0) is 0 Å². The maximum Gasteiger partial charge on any atom is 0.417 e. The summed E-state index contributed by atoms with van der Waals surface area (Å²) in [6.45, 7) is 4.94. The number of nitrogens with zero attached hydrogens (tertiary/aromatic N) is 3. The number of halogens is 1. The van der Waals surface area contributed by atoms with Crippen LogP contribution in [-0.4, -0.2) is 20.6 Å². The average Bonchev–Trinajstić information content (AvgIpc) is 3.12. The minimum absolute atomic E-state index is 0.0607. The number of aryl methyl sites for hydroxylation is 1. The highest BCUT2D eigenvalue weighted by Gasteiger charge is 2.21. The lowest BCUT2D eigenvalue weighted by Gasteiger charge is -2.19. The summed E-state index contributed by atoms with van der Waals surface area (Å²) in [6, 6.07) is 11.3. The minimum Gasteiger partial charge on any atom is -0.470 e. The lowest BCUT2D eigenvalue weighted by atomic mass is 10.1. The van der Waals surface area contributed by atoms with Gasteiger partial charge < -0.3 is 19.8 Å². The van der Waals surface area contributed by atoms with Gasteiger partial charge in [0.25, 0.3) is 0 Å². The van der Waals surface area contributed by atoms with E-state index in [4.69, 9.17) is 14.4 Å². The topological polar surface area (TPSA) is 129 Å². The molecule has 0 unspecified atom stereocenters. The molecule has 0 amide bonds. The Bertz CT molecular complexity index is 1400. The highest BCUT2D eigenvalue weighted by Crippen LogP contribution is 2.28. The number of H-pyrrole nitrogens is 1. The zero-order valence-electron chi connectivity index (χ0n) is 17.5. The molecule has 0 saturated heterocycles. The van der Waals surface area contributed by atoms with Crippen LogP contribution < -0.4 is 21.1 Å². The molecule has 0 aliphatic carbocycles. The molecule has 0 atom stereocenters. The molecule has 3 N–H and O–H groups in total. The van der Waals surface area contributed by atoms with Crippen LogP contribution in [0.15, 0.2) is 51.8 Å². The number of anilines is 4. The Balaban J connectivity index is 1.57. The zero-order valence-corrected chi connectivity index (χ0v) is 17.5. The summed E-state index contributed by atoms with van der Waals surface area (Å²) in [6.07, 6.45) is 1.63. The Hall–Kier alpha value is -4.39. The van der Waals surface area contributed by atoms with Crippen LogP contribution >= 0.6 is 0 Å². The maximum absolute atomic E-state index is 14.1. The highest BCUT2D eigenvalue weighted by molar-refractivity contribution is 5.78. The molecule has 2 heterocycles. The van der Waals surface area contributed by atoms with Crippen molar-refractivity contribution in [3.63, 3.8) is 0 Å². The Morgan fingerprint density at radius 2 is 1.94 bits per heavy atom. The summed E-state index contributed by atoms with van der Waals surface area (Å²) in [7, 11) is 0. The van der Waals surface area contributed by atoms with Crippen molar-refractivity contribution in [3.8, 4) is 11.8 Å². The number of aromatic nitrogens is 3. The van der Waals surface area contributed by atoms with Gasteiger partial charge in [0.2, 0.25) is 5.95 Å². The van der Waals surface area contributed by atoms with Gasteiger partial charge in [-0.3, -0.25) is 4.98 Å². The quantitative estimate of drug-likeness (QED) is 0.404. The average molecular weight is 434 g/mol. The van der Waals surface area contributed by atoms with E-state index in [2.05, 4.69) is 25.6 Å². The van der Waals surface area contributed by atoms with Gasteiger partial charge in [-0.1, -0.05) is 0 Å². The van der Waals surface area contributed by atoms with Crippen LogP contribution in [0.4, 0.5) is 27.5 Å². The number of nitriles is 1. The number of fused-ring (bicyclic) bond motifs is 1. The van der Waals surface area contributed by atoms with Crippen molar-refractivity contribution in [2.75, 3.05) is 10.6 Å². The molecule has 0 aliphatic rings. The predicted octanol–water partition coefficient (Wildman–Crippen LogP) is 4.53. The third-order valence-electron chi connectivity index (χ3n) is 4.48. The maximum atomic E-state index is 14.1. The molecule has 2 aromatic carbocycles. The first kappa shape index (κ1) is 20.9. The first-order valence-electron chi connectivity index (χ1n) is 9.63. The molecule has 10 heteroatoms. The molecule has 0 aliphatic heterocycles. The van der Waals surface area contributed by atoms with Crippen molar-refractivity contribution in [3.05, 3.63) is 64.5 Å². The molecule has 4 rings (SSSR count). The van der Waals surface area contributed by atoms with Gasteiger partial charge in [0.05, 0.1) is 5.52 Å². The van der Waals surface area contributed by atoms with E-state index in [1.165, 1.54) is 18.2 Å². The second-order valence-corrected chi connectivity index (χ2v) is 7.57. The van der Waals surface area contributed by atoms with Crippen molar-refractivity contribution in [1.29, 1.82) is 5.26 Å². The molecule has 32 heavy (non-hydrogen) atoms. The lowest BCUT2D eigenvalue weighted by molar-refractivity contribution is 0.162. The third-order valence-corrected chi connectivity index (χ3v) is 4.48. The molecule has 0 spiro atoms. The number of nitrogens with one attached hydrogen (secondary N) is 3. The van der Waals surface area contributed by atoms with Gasteiger partial charge >= 0.3 is 5.76 Å². The second-order valence-electron chi connectivity index (χ2n) is 7.57. The van der Waals surface area contributed by atoms with E-state index in [1.807, 2.05) is 13.0 Å². The molecule has 0 saturated carbocycles. The van der Waals surface area contributed by atoms with E-state index in [-0.39, 0.29) is 11.7 Å². The standard InChI is InChI=1S/C22H19FN6O3/c1-12-10-25-20(27-14-4-6-15(23)18(9-14)32-22(2,3)11-24)29-19(12)26-13-5-7-17-16(8-13)28-21(30)31-17/h4-10H,1-3H3,(H,28,30)(H2,25,26,27,29). The van der Waals surface area contributed by atoms with Gasteiger partial charge in [0, 0.05) is 29.2 Å². The van der Waals surface area contributed by atoms with Gasteiger partial charge in [0.1, 0.15) is 11.9 Å². The van der Waals surface area contributed by atoms with Crippen molar-refractivity contribution in [2.45, 2.75) is 26.4 Å². The van der Waals surface area contributed by atoms with Gasteiger partial charge in [-0.05, 0) is 51.1 Å². The summed E-state index contributed by atoms with van der Waals surface area (Å²) in [5.41, 5.74) is 1.80. The summed E-state index contributed by atoms with van der Waals surface area (Å²) in [5, 5.41) is 15.3. The molecule has 0 radical (unpaired) electrons. The number of ether oxygens (including phenoxy) is 1. The van der Waals surface area contributed by atoms with E-state index in [0.717, 1.165) is 5.56 Å². The summed E-state index contributed by atoms with van der Waals surface area (Å²) in [5.74, 6) is -0.360. The molecule has 162 valence electrons. The second kappa shape index (κ2) is 8.03. The number of hydrogen-bond acceptors (Lipinski definition) is 8. The smallest absolute Gasteiger partial charge is 0.417 e. The van der Waals surface area contributed by atoms with Crippen molar-refractivity contribution in [2.24, 2.45) is 0 Å². The number of rotatable bonds is 6. The van der Waals surface area contributed by atoms with E-state index in [1.54, 1.807) is 38.2 Å². The molecule has 0 bridgehead atoms. The van der Waals surface area contributed by atoms with Gasteiger partial charge in [-0.15, -0.1) is 0 Å². The van der Waals surface area contributed by atoms with Crippen molar-refractivity contribution < 1.29 is 13.5 Å². The molecule has 4 aromatic rings. The molecular formula is C22H19FN6O3. The first-order valence-corrected chi connectivity index (χ1v) is 9.63. The fourth-order valence-electron chi connectivity index (χ4n) is 2.88.